The molecule has 1 aromatic carbocycles. The molecule has 0 fully saturated rings. The van der Waals surface area contributed by atoms with Crippen LogP contribution in [0.25, 0.3) is 6.08 Å². The molecule has 2 N–H and O–H groups in total. The molecule has 0 aliphatic rings. The second-order valence-corrected chi connectivity index (χ2v) is 7.52. The number of hydrogen-bond acceptors (Lipinski definition) is 2. The molecule has 1 aromatic rings. The van der Waals surface area contributed by atoms with Gasteiger partial charge in [0.15, 0.2) is 5.11 Å². The van der Waals surface area contributed by atoms with Crippen LogP contribution in [0.2, 0.25) is 0 Å². The Bertz CT molecular complexity index is 552. The molecular weight excluding hydrogens is 350 g/mol. The van der Waals surface area contributed by atoms with E-state index in [-0.39, 0.29) is 0 Å². The molecule has 0 saturated carbocycles. The van der Waals surface area contributed by atoms with Crippen molar-refractivity contribution < 1.29 is 0 Å². The number of nitrogens with zero attached hydrogens (tertiary/aromatic N) is 1. The van der Waals surface area contributed by atoms with E-state index in [2.05, 4.69) is 41.0 Å². The van der Waals surface area contributed by atoms with Crippen molar-refractivity contribution in [2.75, 3.05) is 6.54 Å². The average Bonchev–Trinajstić information content (AvgIpc) is 2.67. The van der Waals surface area contributed by atoms with Crippen LogP contribution >= 0.6 is 12.2 Å². The molecular formula is C23H37N3S. The summed E-state index contributed by atoms with van der Waals surface area (Å²) >= 11 is 5.25. The molecule has 0 amide bonds. The fourth-order valence-electron chi connectivity index (χ4n) is 2.90. The topological polar surface area (TPSA) is 36.4 Å². The van der Waals surface area contributed by atoms with E-state index < -0.39 is 0 Å². The van der Waals surface area contributed by atoms with Crippen LogP contribution in [0.1, 0.15) is 83.6 Å². The highest BCUT2D eigenvalue weighted by Crippen LogP contribution is 2.10. The van der Waals surface area contributed by atoms with Crippen molar-refractivity contribution >= 4 is 29.6 Å². The van der Waals surface area contributed by atoms with Gasteiger partial charge in [-0.15, -0.1) is 0 Å². The van der Waals surface area contributed by atoms with Gasteiger partial charge in [-0.05, 0) is 36.7 Å². The van der Waals surface area contributed by atoms with Gasteiger partial charge in [0.05, 0.1) is 6.21 Å². The Morgan fingerprint density at radius 3 is 2.15 bits per heavy atom. The van der Waals surface area contributed by atoms with Gasteiger partial charge in [-0.25, -0.2) is 0 Å². The minimum Gasteiger partial charge on any atom is -0.361 e. The summed E-state index contributed by atoms with van der Waals surface area (Å²) in [6, 6.07) is 10.2. The molecule has 1 rings (SSSR count). The van der Waals surface area contributed by atoms with Gasteiger partial charge < -0.3 is 5.32 Å². The van der Waals surface area contributed by atoms with E-state index in [1.54, 1.807) is 6.21 Å². The summed E-state index contributed by atoms with van der Waals surface area (Å²) in [6.07, 6.45) is 17.4. The molecule has 0 saturated heterocycles. The SMILES string of the molecule is CCCCCCCCCCCCNC(=S)NN=CC(C)=Cc1ccccc1. The second kappa shape index (κ2) is 16.5. The van der Waals surface area contributed by atoms with Crippen LogP contribution in [-0.2, 0) is 0 Å². The molecule has 0 aliphatic heterocycles. The lowest BCUT2D eigenvalue weighted by Crippen LogP contribution is -2.32. The van der Waals surface area contributed by atoms with Gasteiger partial charge in [0, 0.05) is 6.54 Å². The number of allylic oxidation sites excluding steroid dienone is 1. The van der Waals surface area contributed by atoms with Crippen LogP contribution < -0.4 is 10.7 Å². The van der Waals surface area contributed by atoms with E-state index >= 15 is 0 Å². The summed E-state index contributed by atoms with van der Waals surface area (Å²) in [5.74, 6) is 0. The predicted molar refractivity (Wildman–Crippen MR) is 124 cm³/mol. The van der Waals surface area contributed by atoms with E-state index in [9.17, 15) is 0 Å². The van der Waals surface area contributed by atoms with Crippen molar-refractivity contribution in [2.24, 2.45) is 5.10 Å². The number of hydrazone groups is 1. The second-order valence-electron chi connectivity index (χ2n) is 7.11. The summed E-state index contributed by atoms with van der Waals surface area (Å²) < 4.78 is 0. The van der Waals surface area contributed by atoms with Crippen molar-refractivity contribution in [3.05, 3.63) is 41.5 Å². The fraction of sp³-hybridized carbons (Fsp3) is 0.565. The van der Waals surface area contributed by atoms with Crippen LogP contribution in [0.4, 0.5) is 0 Å². The number of thiocarbonyl (C=S) groups is 1. The quantitative estimate of drug-likeness (QED) is 0.166. The van der Waals surface area contributed by atoms with Gasteiger partial charge >= 0.3 is 0 Å². The predicted octanol–water partition coefficient (Wildman–Crippen LogP) is 6.46. The zero-order valence-corrected chi connectivity index (χ0v) is 18.0. The first-order chi connectivity index (χ1) is 13.2. The normalized spacial score (nSPS) is 11.7. The molecule has 0 unspecified atom stereocenters. The largest absolute Gasteiger partial charge is 0.361 e. The van der Waals surface area contributed by atoms with Crippen molar-refractivity contribution in [3.8, 4) is 0 Å². The Morgan fingerprint density at radius 2 is 1.52 bits per heavy atom. The third kappa shape index (κ3) is 14.1. The number of nitrogens with one attached hydrogen (secondary N) is 2. The van der Waals surface area contributed by atoms with Gasteiger partial charge in [0.1, 0.15) is 0 Å². The monoisotopic (exact) mass is 387 g/mol. The lowest BCUT2D eigenvalue weighted by molar-refractivity contribution is 0.554. The first-order valence-electron chi connectivity index (χ1n) is 10.5. The maximum Gasteiger partial charge on any atom is 0.186 e. The van der Waals surface area contributed by atoms with Crippen LogP contribution in [0.5, 0.6) is 0 Å². The highest BCUT2D eigenvalue weighted by molar-refractivity contribution is 7.80. The first kappa shape index (κ1) is 23.4. The van der Waals surface area contributed by atoms with Crippen LogP contribution in [0, 0.1) is 0 Å². The Balaban J connectivity index is 1.99. The van der Waals surface area contributed by atoms with Crippen molar-refractivity contribution in [1.82, 2.24) is 10.7 Å². The number of unbranched alkanes of at least 4 members (excludes halogenated alkanes) is 9. The molecule has 0 atom stereocenters. The Morgan fingerprint density at radius 1 is 0.926 bits per heavy atom. The van der Waals surface area contributed by atoms with Crippen LogP contribution in [0.3, 0.4) is 0 Å². The van der Waals surface area contributed by atoms with E-state index in [1.807, 2.05) is 25.1 Å². The molecule has 0 radical (unpaired) electrons. The first-order valence-corrected chi connectivity index (χ1v) is 10.9. The molecule has 0 aromatic heterocycles. The summed E-state index contributed by atoms with van der Waals surface area (Å²) in [5, 5.41) is 8.00. The van der Waals surface area contributed by atoms with Crippen LogP contribution in [-0.4, -0.2) is 17.9 Å². The number of hydrogen-bond donors (Lipinski definition) is 2. The molecule has 0 aliphatic carbocycles. The van der Waals surface area contributed by atoms with Crippen LogP contribution in [0.15, 0.2) is 41.0 Å². The van der Waals surface area contributed by atoms with Crippen molar-refractivity contribution in [2.45, 2.75) is 78.1 Å². The highest BCUT2D eigenvalue weighted by atomic mass is 32.1. The molecule has 27 heavy (non-hydrogen) atoms. The maximum atomic E-state index is 5.25. The van der Waals surface area contributed by atoms with Crippen molar-refractivity contribution in [3.63, 3.8) is 0 Å². The fourth-order valence-corrected chi connectivity index (χ4v) is 3.05. The van der Waals surface area contributed by atoms with Gasteiger partial charge in [-0.3, -0.25) is 5.43 Å². The standard InChI is InChI=1S/C23H37N3S/c1-3-4-5-6-7-8-9-10-11-15-18-24-23(27)26-25-20-21(2)19-22-16-13-12-14-17-22/h12-14,16-17,19-20H,3-11,15,18H2,1-2H3,(H2,24,26,27). The summed E-state index contributed by atoms with van der Waals surface area (Å²) in [4.78, 5) is 0. The van der Waals surface area contributed by atoms with Gasteiger partial charge in [0.25, 0.3) is 0 Å². The number of benzene rings is 1. The Hall–Kier alpha value is -1.68. The Labute approximate surface area is 171 Å². The molecule has 0 spiro atoms. The lowest BCUT2D eigenvalue weighted by atomic mass is 10.1. The molecule has 4 heteroatoms. The summed E-state index contributed by atoms with van der Waals surface area (Å²) in [6.45, 7) is 5.21. The van der Waals surface area contributed by atoms with Gasteiger partial charge in [-0.2, -0.15) is 5.10 Å². The van der Waals surface area contributed by atoms with Crippen molar-refractivity contribution in [1.29, 1.82) is 0 Å². The lowest BCUT2D eigenvalue weighted by Gasteiger charge is -2.07. The number of rotatable bonds is 14. The Kier molecular flexibility index (Phi) is 14.3. The molecule has 150 valence electrons. The minimum absolute atomic E-state index is 0.592. The third-order valence-corrected chi connectivity index (χ3v) is 4.68. The molecule has 3 nitrogen and oxygen atoms in total. The van der Waals surface area contributed by atoms with E-state index in [4.69, 9.17) is 12.2 Å². The maximum absolute atomic E-state index is 5.25. The average molecular weight is 388 g/mol. The smallest absolute Gasteiger partial charge is 0.186 e. The van der Waals surface area contributed by atoms with E-state index in [0.717, 1.165) is 18.5 Å². The minimum atomic E-state index is 0.592. The van der Waals surface area contributed by atoms with E-state index in [1.165, 1.54) is 63.4 Å². The molecule has 0 bridgehead atoms. The van der Waals surface area contributed by atoms with E-state index in [0.29, 0.717) is 5.11 Å². The van der Waals surface area contributed by atoms with Gasteiger partial charge in [0.2, 0.25) is 0 Å². The molecule has 0 heterocycles. The summed E-state index contributed by atoms with van der Waals surface area (Å²) in [5.41, 5.74) is 5.13. The zero-order valence-electron chi connectivity index (χ0n) is 17.2. The third-order valence-electron chi connectivity index (χ3n) is 4.44. The summed E-state index contributed by atoms with van der Waals surface area (Å²) in [7, 11) is 0. The zero-order chi connectivity index (χ0) is 19.6. The van der Waals surface area contributed by atoms with Gasteiger partial charge in [-0.1, -0.05) is 101 Å². The highest BCUT2D eigenvalue weighted by Gasteiger charge is 1.95.